The van der Waals surface area contributed by atoms with E-state index in [0.29, 0.717) is 4.73 Å². The van der Waals surface area contributed by atoms with Gasteiger partial charge in [0.2, 0.25) is 4.73 Å². The minimum absolute atomic E-state index is 0.0545. The zero-order valence-electron chi connectivity index (χ0n) is 9.59. The van der Waals surface area contributed by atoms with Gasteiger partial charge < -0.3 is 9.64 Å². The first-order chi connectivity index (χ1) is 8.11. The van der Waals surface area contributed by atoms with Crippen LogP contribution >= 0.6 is 15.9 Å². The lowest BCUT2D eigenvalue weighted by molar-refractivity contribution is -0.0172. The lowest BCUT2D eigenvalue weighted by atomic mass is 9.97. The Labute approximate surface area is 107 Å². The second kappa shape index (κ2) is 3.64. The summed E-state index contributed by atoms with van der Waals surface area (Å²) in [5, 5.41) is 12.3. The van der Waals surface area contributed by atoms with Crippen molar-refractivity contribution < 1.29 is 4.74 Å². The van der Waals surface area contributed by atoms with Crippen molar-refractivity contribution in [3.05, 3.63) is 16.9 Å². The summed E-state index contributed by atoms with van der Waals surface area (Å²) in [5.41, 5.74) is 0.678. The standard InChI is InChI=1S/C10H12BrN5O/c1-10(17-2)5-15(6-10)8-4-3-7-12-13-9(11)16(7)14-8/h3-4H,5-6H2,1-2H3. The number of halogens is 1. The summed E-state index contributed by atoms with van der Waals surface area (Å²) in [4.78, 5) is 2.16. The van der Waals surface area contributed by atoms with Crippen molar-refractivity contribution in [3.63, 3.8) is 0 Å². The average Bonchev–Trinajstić information content (AvgIpc) is 2.67. The van der Waals surface area contributed by atoms with Crippen molar-refractivity contribution in [2.75, 3.05) is 25.1 Å². The molecule has 6 nitrogen and oxygen atoms in total. The molecule has 0 radical (unpaired) electrons. The third-order valence-electron chi connectivity index (χ3n) is 3.08. The summed E-state index contributed by atoms with van der Waals surface area (Å²) in [7, 11) is 1.74. The van der Waals surface area contributed by atoms with Crippen LogP contribution in [0.2, 0.25) is 0 Å². The van der Waals surface area contributed by atoms with Crippen molar-refractivity contribution in [3.8, 4) is 0 Å². The molecule has 0 aliphatic carbocycles. The highest BCUT2D eigenvalue weighted by molar-refractivity contribution is 9.10. The number of fused-ring (bicyclic) bond motifs is 1. The third kappa shape index (κ3) is 1.69. The first-order valence-electron chi connectivity index (χ1n) is 5.29. The van der Waals surface area contributed by atoms with Gasteiger partial charge in [0.1, 0.15) is 5.82 Å². The lowest BCUT2D eigenvalue weighted by Crippen LogP contribution is -2.61. The van der Waals surface area contributed by atoms with E-state index < -0.39 is 0 Å². The minimum atomic E-state index is -0.0545. The summed E-state index contributed by atoms with van der Waals surface area (Å²) in [5.74, 6) is 0.910. The molecule has 0 amide bonds. The minimum Gasteiger partial charge on any atom is -0.375 e. The van der Waals surface area contributed by atoms with E-state index in [1.54, 1.807) is 11.6 Å². The highest BCUT2D eigenvalue weighted by Crippen LogP contribution is 2.28. The van der Waals surface area contributed by atoms with Gasteiger partial charge in [-0.2, -0.15) is 4.52 Å². The monoisotopic (exact) mass is 297 g/mol. The van der Waals surface area contributed by atoms with Crippen LogP contribution < -0.4 is 4.90 Å². The van der Waals surface area contributed by atoms with Crippen LogP contribution in [0, 0.1) is 0 Å². The van der Waals surface area contributed by atoms with E-state index in [9.17, 15) is 0 Å². The molecule has 90 valence electrons. The number of rotatable bonds is 2. The second-order valence-electron chi connectivity index (χ2n) is 4.44. The normalized spacial score (nSPS) is 18.4. The van der Waals surface area contributed by atoms with Gasteiger partial charge in [0, 0.05) is 7.11 Å². The van der Waals surface area contributed by atoms with Gasteiger partial charge in [0.05, 0.1) is 18.7 Å². The molecule has 0 saturated carbocycles. The molecule has 2 aromatic heterocycles. The molecule has 0 aromatic carbocycles. The molecule has 1 aliphatic heterocycles. The Morgan fingerprint density at radius 3 is 2.82 bits per heavy atom. The molecular formula is C10H12BrN5O. The van der Waals surface area contributed by atoms with Crippen LogP contribution in [0.15, 0.2) is 16.9 Å². The molecular weight excluding hydrogens is 286 g/mol. The Morgan fingerprint density at radius 1 is 1.35 bits per heavy atom. The molecule has 0 atom stereocenters. The van der Waals surface area contributed by atoms with Crippen LogP contribution in [-0.2, 0) is 4.74 Å². The van der Waals surface area contributed by atoms with Crippen LogP contribution in [0.5, 0.6) is 0 Å². The maximum Gasteiger partial charge on any atom is 0.221 e. The highest BCUT2D eigenvalue weighted by Gasteiger charge is 2.39. The van der Waals surface area contributed by atoms with Crippen LogP contribution in [0.3, 0.4) is 0 Å². The fourth-order valence-electron chi connectivity index (χ4n) is 1.97. The summed E-state index contributed by atoms with van der Waals surface area (Å²) < 4.78 is 7.70. The summed E-state index contributed by atoms with van der Waals surface area (Å²) in [6.07, 6.45) is 0. The number of ether oxygens (including phenoxy) is 1. The van der Waals surface area contributed by atoms with Crippen LogP contribution in [0.1, 0.15) is 6.92 Å². The van der Waals surface area contributed by atoms with Crippen molar-refractivity contribution in [2.24, 2.45) is 0 Å². The summed E-state index contributed by atoms with van der Waals surface area (Å²) >= 11 is 3.31. The van der Waals surface area contributed by atoms with E-state index >= 15 is 0 Å². The molecule has 0 bridgehead atoms. The predicted molar refractivity (Wildman–Crippen MR) is 66.1 cm³/mol. The number of methoxy groups -OCH3 is 1. The van der Waals surface area contributed by atoms with E-state index in [-0.39, 0.29) is 5.60 Å². The van der Waals surface area contributed by atoms with Gasteiger partial charge >= 0.3 is 0 Å². The number of anilines is 1. The van der Waals surface area contributed by atoms with E-state index in [2.05, 4.69) is 43.0 Å². The van der Waals surface area contributed by atoms with E-state index in [0.717, 1.165) is 24.6 Å². The largest absolute Gasteiger partial charge is 0.375 e. The van der Waals surface area contributed by atoms with Crippen molar-refractivity contribution in [1.29, 1.82) is 0 Å². The molecule has 7 heteroatoms. The molecule has 0 unspecified atom stereocenters. The Hall–Kier alpha value is -1.21. The molecule has 1 saturated heterocycles. The number of nitrogens with zero attached hydrogens (tertiary/aromatic N) is 5. The molecule has 0 N–H and O–H groups in total. The third-order valence-corrected chi connectivity index (χ3v) is 3.57. The number of hydrogen-bond acceptors (Lipinski definition) is 5. The van der Waals surface area contributed by atoms with Gasteiger partial charge in [0.15, 0.2) is 5.65 Å². The fourth-order valence-corrected chi connectivity index (χ4v) is 2.31. The SMILES string of the molecule is COC1(C)CN(c2ccc3nnc(Br)n3n2)C1. The molecule has 3 rings (SSSR count). The Bertz CT molecular complexity index is 563. The quantitative estimate of drug-likeness (QED) is 0.831. The highest BCUT2D eigenvalue weighted by atomic mass is 79.9. The molecule has 1 aliphatic rings. The maximum absolute atomic E-state index is 5.41. The molecule has 2 aromatic rings. The van der Waals surface area contributed by atoms with E-state index in [4.69, 9.17) is 4.74 Å². The Kier molecular flexibility index (Phi) is 2.34. The van der Waals surface area contributed by atoms with Crippen molar-refractivity contribution >= 4 is 27.4 Å². The molecule has 17 heavy (non-hydrogen) atoms. The topological polar surface area (TPSA) is 55.5 Å². The maximum atomic E-state index is 5.41. The summed E-state index contributed by atoms with van der Waals surface area (Å²) in [6.45, 7) is 3.79. The van der Waals surface area contributed by atoms with Gasteiger partial charge in [-0.25, -0.2) is 0 Å². The Morgan fingerprint density at radius 2 is 2.12 bits per heavy atom. The van der Waals surface area contributed by atoms with E-state index in [1.807, 2.05) is 12.1 Å². The van der Waals surface area contributed by atoms with Gasteiger partial charge in [-0.05, 0) is 35.0 Å². The van der Waals surface area contributed by atoms with E-state index in [1.165, 1.54) is 0 Å². The fraction of sp³-hybridized carbons (Fsp3) is 0.500. The lowest BCUT2D eigenvalue weighted by Gasteiger charge is -2.47. The average molecular weight is 298 g/mol. The van der Waals surface area contributed by atoms with Gasteiger partial charge in [-0.15, -0.1) is 15.3 Å². The van der Waals surface area contributed by atoms with Crippen molar-refractivity contribution in [1.82, 2.24) is 19.8 Å². The Balaban J connectivity index is 1.90. The molecule has 1 fully saturated rings. The zero-order chi connectivity index (χ0) is 12.0. The van der Waals surface area contributed by atoms with Crippen LogP contribution in [0.4, 0.5) is 5.82 Å². The number of aromatic nitrogens is 4. The first kappa shape index (κ1) is 10.9. The smallest absolute Gasteiger partial charge is 0.221 e. The zero-order valence-corrected chi connectivity index (χ0v) is 11.2. The van der Waals surface area contributed by atoms with Crippen molar-refractivity contribution in [2.45, 2.75) is 12.5 Å². The van der Waals surface area contributed by atoms with Gasteiger partial charge in [-0.3, -0.25) is 0 Å². The predicted octanol–water partition coefficient (Wildman–Crippen LogP) is 1.11. The summed E-state index contributed by atoms with van der Waals surface area (Å²) in [6, 6.07) is 3.86. The first-order valence-corrected chi connectivity index (χ1v) is 6.09. The second-order valence-corrected chi connectivity index (χ2v) is 5.15. The van der Waals surface area contributed by atoms with Crippen LogP contribution in [-0.4, -0.2) is 45.6 Å². The van der Waals surface area contributed by atoms with Crippen LogP contribution in [0.25, 0.3) is 5.65 Å². The molecule has 0 spiro atoms. The van der Waals surface area contributed by atoms with Gasteiger partial charge in [0.25, 0.3) is 0 Å². The van der Waals surface area contributed by atoms with Gasteiger partial charge in [-0.1, -0.05) is 0 Å². The molecule has 3 heterocycles. The number of hydrogen-bond donors (Lipinski definition) is 0.